The molecule has 2 saturated heterocycles. The summed E-state index contributed by atoms with van der Waals surface area (Å²) in [6, 6.07) is 16.0. The van der Waals surface area contributed by atoms with Crippen molar-refractivity contribution in [2.24, 2.45) is 0 Å². The van der Waals surface area contributed by atoms with Gasteiger partial charge in [-0.1, -0.05) is 42.5 Å². The minimum absolute atomic E-state index is 0.246. The largest absolute Gasteiger partial charge is 0.481 e. The number of nitrogens with zero attached hydrogens (tertiary/aromatic N) is 3. The standard InChI is InChI=1S/C24H27N3O3/c1-29-22-21(14-25-23(26-22)30-2)24(28)12-18-10-11-19(13-24)27(18)15-17-8-5-7-16-6-3-4-9-20(16)17/h3-9,14,18-19,28H,10-13,15H2,1-2H3. The zero-order chi connectivity index (χ0) is 20.7. The zero-order valence-electron chi connectivity index (χ0n) is 17.4. The molecule has 2 fully saturated rings. The molecule has 30 heavy (non-hydrogen) atoms. The lowest BCUT2D eigenvalue weighted by atomic mass is 9.81. The molecule has 3 heterocycles. The van der Waals surface area contributed by atoms with Gasteiger partial charge < -0.3 is 14.6 Å². The van der Waals surface area contributed by atoms with Crippen molar-refractivity contribution < 1.29 is 14.6 Å². The Kier molecular flexibility index (Phi) is 4.83. The molecular formula is C24H27N3O3. The first kappa shape index (κ1) is 19.3. The van der Waals surface area contributed by atoms with Gasteiger partial charge >= 0.3 is 6.01 Å². The summed E-state index contributed by atoms with van der Waals surface area (Å²) >= 11 is 0. The van der Waals surface area contributed by atoms with E-state index in [2.05, 4.69) is 57.3 Å². The lowest BCUT2D eigenvalue weighted by Gasteiger charge is -2.44. The molecular weight excluding hydrogens is 378 g/mol. The Balaban J connectivity index is 1.42. The van der Waals surface area contributed by atoms with Crippen LogP contribution >= 0.6 is 0 Å². The van der Waals surface area contributed by atoms with E-state index < -0.39 is 5.60 Å². The summed E-state index contributed by atoms with van der Waals surface area (Å²) in [5.41, 5.74) is 1.02. The van der Waals surface area contributed by atoms with Crippen LogP contribution in [0.1, 0.15) is 36.8 Å². The molecule has 2 aliphatic rings. The maximum absolute atomic E-state index is 11.6. The van der Waals surface area contributed by atoms with Crippen LogP contribution < -0.4 is 9.47 Å². The van der Waals surface area contributed by atoms with Crippen LogP contribution in [0.5, 0.6) is 11.9 Å². The summed E-state index contributed by atoms with van der Waals surface area (Å²) in [5.74, 6) is 0.395. The van der Waals surface area contributed by atoms with E-state index >= 15 is 0 Å². The number of benzene rings is 2. The van der Waals surface area contributed by atoms with Crippen molar-refractivity contribution in [3.63, 3.8) is 0 Å². The van der Waals surface area contributed by atoms with Crippen LogP contribution in [0.3, 0.4) is 0 Å². The molecule has 2 aliphatic heterocycles. The number of rotatable bonds is 5. The summed E-state index contributed by atoms with van der Waals surface area (Å²) < 4.78 is 10.6. The molecule has 0 amide bonds. The zero-order valence-corrected chi connectivity index (χ0v) is 17.4. The Labute approximate surface area is 176 Å². The van der Waals surface area contributed by atoms with Crippen molar-refractivity contribution in [3.8, 4) is 11.9 Å². The molecule has 156 valence electrons. The molecule has 2 unspecified atom stereocenters. The molecule has 2 aromatic carbocycles. The molecule has 0 aliphatic carbocycles. The minimum Gasteiger partial charge on any atom is -0.481 e. The van der Waals surface area contributed by atoms with Crippen LogP contribution in [-0.4, -0.2) is 46.3 Å². The van der Waals surface area contributed by atoms with Crippen LogP contribution in [0.2, 0.25) is 0 Å². The van der Waals surface area contributed by atoms with Gasteiger partial charge in [-0.15, -0.1) is 0 Å². The fourth-order valence-electron chi connectivity index (χ4n) is 5.35. The molecule has 1 N–H and O–H groups in total. The van der Waals surface area contributed by atoms with Gasteiger partial charge in [0.2, 0.25) is 5.88 Å². The van der Waals surface area contributed by atoms with Crippen molar-refractivity contribution >= 4 is 10.8 Å². The molecule has 6 heteroatoms. The van der Waals surface area contributed by atoms with Gasteiger partial charge in [-0.3, -0.25) is 4.90 Å². The van der Waals surface area contributed by atoms with Gasteiger partial charge in [-0.2, -0.15) is 4.98 Å². The molecule has 0 spiro atoms. The molecule has 2 bridgehead atoms. The van der Waals surface area contributed by atoms with Crippen molar-refractivity contribution in [1.82, 2.24) is 14.9 Å². The monoisotopic (exact) mass is 405 g/mol. The summed E-state index contributed by atoms with van der Waals surface area (Å²) in [7, 11) is 3.09. The van der Waals surface area contributed by atoms with Gasteiger partial charge in [0.1, 0.15) is 0 Å². The highest BCUT2D eigenvalue weighted by Gasteiger charge is 2.49. The van der Waals surface area contributed by atoms with E-state index in [0.29, 0.717) is 36.4 Å². The summed E-state index contributed by atoms with van der Waals surface area (Å²) in [6.07, 6.45) is 5.15. The van der Waals surface area contributed by atoms with E-state index in [1.54, 1.807) is 13.3 Å². The normalized spacial score (nSPS) is 26.1. The van der Waals surface area contributed by atoms with Gasteiger partial charge in [0.05, 0.1) is 25.4 Å². The fourth-order valence-corrected chi connectivity index (χ4v) is 5.35. The third-order valence-electron chi connectivity index (χ3n) is 6.76. The number of hydrogen-bond donors (Lipinski definition) is 1. The highest BCUT2D eigenvalue weighted by Crippen LogP contribution is 2.48. The first-order valence-electron chi connectivity index (χ1n) is 10.5. The average molecular weight is 405 g/mol. The molecule has 0 saturated carbocycles. The first-order valence-corrected chi connectivity index (χ1v) is 10.5. The average Bonchev–Trinajstić information content (AvgIpc) is 3.02. The Morgan fingerprint density at radius 3 is 2.50 bits per heavy atom. The topological polar surface area (TPSA) is 67.7 Å². The minimum atomic E-state index is -0.987. The molecule has 2 atom stereocenters. The number of piperidine rings is 1. The number of aromatic nitrogens is 2. The molecule has 3 aromatic rings. The van der Waals surface area contributed by atoms with E-state index in [0.717, 1.165) is 19.4 Å². The number of fused-ring (bicyclic) bond motifs is 3. The summed E-state index contributed by atoms with van der Waals surface area (Å²) in [4.78, 5) is 11.1. The Bertz CT molecular complexity index is 1050. The van der Waals surface area contributed by atoms with Gasteiger partial charge in [0, 0.05) is 24.8 Å². The summed E-state index contributed by atoms with van der Waals surface area (Å²) in [6.45, 7) is 0.906. The number of aliphatic hydroxyl groups is 1. The van der Waals surface area contributed by atoms with E-state index in [-0.39, 0.29) is 6.01 Å². The highest BCUT2D eigenvalue weighted by molar-refractivity contribution is 5.85. The van der Waals surface area contributed by atoms with Crippen molar-refractivity contribution in [2.75, 3.05) is 14.2 Å². The molecule has 1 aromatic heterocycles. The molecule has 6 nitrogen and oxygen atoms in total. The Hall–Kier alpha value is -2.70. The van der Waals surface area contributed by atoms with Crippen LogP contribution in [0.15, 0.2) is 48.7 Å². The van der Waals surface area contributed by atoms with Crippen LogP contribution in [0, 0.1) is 0 Å². The van der Waals surface area contributed by atoms with Crippen molar-refractivity contribution in [3.05, 3.63) is 59.8 Å². The van der Waals surface area contributed by atoms with Crippen molar-refractivity contribution in [1.29, 1.82) is 0 Å². The Morgan fingerprint density at radius 2 is 1.77 bits per heavy atom. The highest BCUT2D eigenvalue weighted by atomic mass is 16.5. The maximum atomic E-state index is 11.6. The van der Waals surface area contributed by atoms with Crippen LogP contribution in [-0.2, 0) is 12.1 Å². The second-order valence-corrected chi connectivity index (χ2v) is 8.42. The number of hydrogen-bond acceptors (Lipinski definition) is 6. The van der Waals surface area contributed by atoms with E-state index in [1.807, 2.05) is 0 Å². The fraction of sp³-hybridized carbons (Fsp3) is 0.417. The molecule has 0 radical (unpaired) electrons. The van der Waals surface area contributed by atoms with Gasteiger partial charge in [0.15, 0.2) is 0 Å². The number of ether oxygens (including phenoxy) is 2. The smallest absolute Gasteiger partial charge is 0.319 e. The van der Waals surface area contributed by atoms with Crippen LogP contribution in [0.25, 0.3) is 10.8 Å². The lowest BCUT2D eigenvalue weighted by Crippen LogP contribution is -2.49. The molecule has 5 rings (SSSR count). The van der Waals surface area contributed by atoms with Crippen molar-refractivity contribution in [2.45, 2.75) is 49.9 Å². The van der Waals surface area contributed by atoms with Crippen LogP contribution in [0.4, 0.5) is 0 Å². The Morgan fingerprint density at radius 1 is 1.03 bits per heavy atom. The van der Waals surface area contributed by atoms with Gasteiger partial charge in [-0.05, 0) is 42.0 Å². The third-order valence-corrected chi connectivity index (χ3v) is 6.76. The predicted molar refractivity (Wildman–Crippen MR) is 115 cm³/mol. The second-order valence-electron chi connectivity index (χ2n) is 8.42. The summed E-state index contributed by atoms with van der Waals surface area (Å²) in [5, 5.41) is 14.2. The second kappa shape index (κ2) is 7.52. The van der Waals surface area contributed by atoms with Gasteiger partial charge in [0.25, 0.3) is 0 Å². The maximum Gasteiger partial charge on any atom is 0.319 e. The van der Waals surface area contributed by atoms with E-state index in [1.165, 1.54) is 23.4 Å². The predicted octanol–water partition coefficient (Wildman–Crippen LogP) is 3.66. The SMILES string of the molecule is COc1ncc(C2(O)CC3CCC(C2)N3Cc2cccc3ccccc23)c(OC)n1. The quantitative estimate of drug-likeness (QED) is 0.699. The lowest BCUT2D eigenvalue weighted by molar-refractivity contribution is -0.0611. The third kappa shape index (κ3) is 3.20. The van der Waals surface area contributed by atoms with Gasteiger partial charge in [-0.25, -0.2) is 4.98 Å². The van der Waals surface area contributed by atoms with E-state index in [4.69, 9.17) is 9.47 Å². The van der Waals surface area contributed by atoms with E-state index in [9.17, 15) is 5.11 Å². The first-order chi connectivity index (χ1) is 14.6. The number of methoxy groups -OCH3 is 2.